The summed E-state index contributed by atoms with van der Waals surface area (Å²) in [7, 11) is 0. The summed E-state index contributed by atoms with van der Waals surface area (Å²) in [5, 5.41) is 2.09. The minimum Gasteiger partial charge on any atom is -0.452 e. The highest BCUT2D eigenvalue weighted by molar-refractivity contribution is 5.95. The molecule has 28 heavy (non-hydrogen) atoms. The average molecular weight is 391 g/mol. The van der Waals surface area contributed by atoms with Crippen LogP contribution >= 0.6 is 0 Å². The fraction of sp³-hybridized carbons (Fsp3) is 0.333. The number of carbonyl (C=O) groups excluding carboxylic acids is 2. The van der Waals surface area contributed by atoms with Gasteiger partial charge in [0.1, 0.15) is 0 Å². The van der Waals surface area contributed by atoms with Gasteiger partial charge in [-0.1, -0.05) is 18.2 Å². The highest BCUT2D eigenvalue weighted by atomic mass is 19.2. The van der Waals surface area contributed by atoms with Crippen molar-refractivity contribution in [2.75, 3.05) is 5.32 Å². The molecule has 0 unspecified atom stereocenters. The number of rotatable bonds is 5. The first-order chi connectivity index (χ1) is 13.3. The van der Waals surface area contributed by atoms with Gasteiger partial charge in [-0.15, -0.1) is 0 Å². The molecule has 1 aliphatic carbocycles. The normalized spacial score (nSPS) is 14.1. The number of esters is 1. The summed E-state index contributed by atoms with van der Waals surface area (Å²) >= 11 is 0. The molecule has 0 aliphatic heterocycles. The molecule has 0 saturated heterocycles. The Hall–Kier alpha value is -2.83. The zero-order valence-electron chi connectivity index (χ0n) is 15.4. The molecule has 0 bridgehead atoms. The van der Waals surface area contributed by atoms with E-state index in [1.54, 1.807) is 0 Å². The molecule has 1 N–H and O–H groups in total. The molecule has 0 saturated carbocycles. The van der Waals surface area contributed by atoms with Crippen LogP contribution in [0.1, 0.15) is 36.5 Å². The second-order valence-corrected chi connectivity index (χ2v) is 6.83. The molecule has 0 aromatic heterocycles. The highest BCUT2D eigenvalue weighted by Crippen LogP contribution is 2.23. The number of amides is 1. The zero-order valence-corrected chi connectivity index (χ0v) is 15.4. The lowest BCUT2D eigenvalue weighted by atomic mass is 9.90. The molecule has 7 heteroatoms. The van der Waals surface area contributed by atoms with E-state index in [1.165, 1.54) is 24.5 Å². The summed E-state index contributed by atoms with van der Waals surface area (Å²) in [6.45, 7) is 1.32. The Morgan fingerprint density at radius 2 is 1.75 bits per heavy atom. The monoisotopic (exact) mass is 391 g/mol. The van der Waals surface area contributed by atoms with Crippen molar-refractivity contribution in [1.29, 1.82) is 0 Å². The summed E-state index contributed by atoms with van der Waals surface area (Å²) in [6, 6.07) is 7.46. The molecule has 0 heterocycles. The highest BCUT2D eigenvalue weighted by Gasteiger charge is 2.21. The van der Waals surface area contributed by atoms with Crippen LogP contribution in [0.2, 0.25) is 0 Å². The van der Waals surface area contributed by atoms with Gasteiger partial charge in [0.05, 0.1) is 12.1 Å². The van der Waals surface area contributed by atoms with Crippen LogP contribution in [0.4, 0.5) is 18.9 Å². The predicted octanol–water partition coefficient (Wildman–Crippen LogP) is 4.10. The number of hydrogen-bond donors (Lipinski definition) is 1. The summed E-state index contributed by atoms with van der Waals surface area (Å²) in [5.41, 5.74) is 2.80. The zero-order chi connectivity index (χ0) is 20.3. The van der Waals surface area contributed by atoms with E-state index in [4.69, 9.17) is 4.74 Å². The number of carbonyl (C=O) groups is 2. The lowest BCUT2D eigenvalue weighted by Crippen LogP contribution is -2.31. The third-order valence-electron chi connectivity index (χ3n) is 4.73. The lowest BCUT2D eigenvalue weighted by molar-refractivity contribution is -0.152. The number of nitrogens with one attached hydrogen (secondary N) is 1. The van der Waals surface area contributed by atoms with Crippen LogP contribution in [0.15, 0.2) is 30.3 Å². The Balaban J connectivity index is 1.58. The van der Waals surface area contributed by atoms with Gasteiger partial charge in [0.15, 0.2) is 23.6 Å². The van der Waals surface area contributed by atoms with Gasteiger partial charge in [0.2, 0.25) is 0 Å². The van der Waals surface area contributed by atoms with Crippen molar-refractivity contribution in [3.05, 3.63) is 64.5 Å². The lowest BCUT2D eigenvalue weighted by Gasteiger charge is -2.17. The number of halogens is 3. The molecule has 1 atom stereocenters. The predicted molar refractivity (Wildman–Crippen MR) is 97.3 cm³/mol. The largest absolute Gasteiger partial charge is 0.452 e. The second kappa shape index (κ2) is 8.46. The first-order valence-corrected chi connectivity index (χ1v) is 9.09. The molecular weight excluding hydrogens is 371 g/mol. The molecule has 0 radical (unpaired) electrons. The van der Waals surface area contributed by atoms with Crippen molar-refractivity contribution in [1.82, 2.24) is 0 Å². The van der Waals surface area contributed by atoms with Gasteiger partial charge in [0, 0.05) is 0 Å². The van der Waals surface area contributed by atoms with Gasteiger partial charge in [-0.2, -0.15) is 0 Å². The van der Waals surface area contributed by atoms with Crippen molar-refractivity contribution in [2.45, 2.75) is 45.1 Å². The smallest absolute Gasteiger partial charge is 0.311 e. The van der Waals surface area contributed by atoms with Gasteiger partial charge in [-0.05, 0) is 61.4 Å². The first-order valence-electron chi connectivity index (χ1n) is 9.09. The van der Waals surface area contributed by atoms with Gasteiger partial charge in [-0.25, -0.2) is 13.2 Å². The SMILES string of the molecule is C[C@H](OC(=O)Cc1ccc2c(c1)CCCC2)C(=O)Nc1ccc(F)c(F)c1F. The van der Waals surface area contributed by atoms with Crippen LogP contribution in [-0.4, -0.2) is 18.0 Å². The molecule has 1 amide bonds. The van der Waals surface area contributed by atoms with E-state index in [2.05, 4.69) is 5.32 Å². The second-order valence-electron chi connectivity index (χ2n) is 6.83. The van der Waals surface area contributed by atoms with Crippen LogP contribution in [-0.2, 0) is 33.6 Å². The van der Waals surface area contributed by atoms with E-state index in [-0.39, 0.29) is 6.42 Å². The van der Waals surface area contributed by atoms with Crippen LogP contribution in [0, 0.1) is 17.5 Å². The Morgan fingerprint density at radius 3 is 2.50 bits per heavy atom. The minimum atomic E-state index is -1.69. The number of ether oxygens (including phenoxy) is 1. The molecule has 0 spiro atoms. The molecular formula is C21H20F3NO3. The number of fused-ring (bicyclic) bond motifs is 1. The van der Waals surface area contributed by atoms with Gasteiger partial charge in [0.25, 0.3) is 5.91 Å². The molecule has 2 aromatic carbocycles. The topological polar surface area (TPSA) is 55.4 Å². The molecule has 2 aromatic rings. The maximum absolute atomic E-state index is 13.6. The third kappa shape index (κ3) is 4.52. The molecule has 0 fully saturated rings. The summed E-state index contributed by atoms with van der Waals surface area (Å²) in [5.74, 6) is -6.01. The van der Waals surface area contributed by atoms with Crippen LogP contribution in [0.25, 0.3) is 0 Å². The Morgan fingerprint density at radius 1 is 1.04 bits per heavy atom. The number of benzene rings is 2. The quantitative estimate of drug-likeness (QED) is 0.617. The Kier molecular flexibility index (Phi) is 6.02. The number of aryl methyl sites for hydroxylation is 2. The van der Waals surface area contributed by atoms with E-state index in [0.717, 1.165) is 30.9 Å². The molecule has 1 aliphatic rings. The van der Waals surface area contributed by atoms with Gasteiger partial charge in [-0.3, -0.25) is 9.59 Å². The fourth-order valence-electron chi connectivity index (χ4n) is 3.21. The molecule has 148 valence electrons. The van der Waals surface area contributed by atoms with E-state index in [9.17, 15) is 22.8 Å². The van der Waals surface area contributed by atoms with Crippen molar-refractivity contribution >= 4 is 17.6 Å². The van der Waals surface area contributed by atoms with Gasteiger partial charge < -0.3 is 10.1 Å². The van der Waals surface area contributed by atoms with E-state index < -0.39 is 41.1 Å². The average Bonchev–Trinajstić information content (AvgIpc) is 2.68. The summed E-state index contributed by atoms with van der Waals surface area (Å²) < 4.78 is 44.9. The summed E-state index contributed by atoms with van der Waals surface area (Å²) in [6.07, 6.45) is 3.09. The van der Waals surface area contributed by atoms with E-state index >= 15 is 0 Å². The fourth-order valence-corrected chi connectivity index (χ4v) is 3.21. The molecule has 3 rings (SSSR count). The maximum atomic E-state index is 13.6. The summed E-state index contributed by atoms with van der Waals surface area (Å²) in [4.78, 5) is 24.2. The van der Waals surface area contributed by atoms with Crippen molar-refractivity contribution in [2.24, 2.45) is 0 Å². The Bertz CT molecular complexity index is 914. The van der Waals surface area contributed by atoms with Gasteiger partial charge >= 0.3 is 5.97 Å². The van der Waals surface area contributed by atoms with Crippen LogP contribution < -0.4 is 5.32 Å². The van der Waals surface area contributed by atoms with Crippen molar-refractivity contribution in [3.63, 3.8) is 0 Å². The number of anilines is 1. The van der Waals surface area contributed by atoms with Crippen LogP contribution in [0.5, 0.6) is 0 Å². The number of hydrogen-bond acceptors (Lipinski definition) is 3. The van der Waals surface area contributed by atoms with Crippen LogP contribution in [0.3, 0.4) is 0 Å². The first kappa shape index (κ1) is 19.9. The molecule has 4 nitrogen and oxygen atoms in total. The minimum absolute atomic E-state index is 0.00440. The van der Waals surface area contributed by atoms with E-state index in [0.29, 0.717) is 6.07 Å². The van der Waals surface area contributed by atoms with Crippen molar-refractivity contribution < 1.29 is 27.5 Å². The van der Waals surface area contributed by atoms with Crippen molar-refractivity contribution in [3.8, 4) is 0 Å². The standard InChI is InChI=1S/C21H20F3NO3/c1-12(21(27)25-17-9-8-16(22)19(23)20(17)24)28-18(26)11-13-6-7-14-4-2-3-5-15(14)10-13/h6-10,12H,2-5,11H2,1H3,(H,25,27)/t12-/m0/s1. The third-order valence-corrected chi connectivity index (χ3v) is 4.73. The van der Waals surface area contributed by atoms with E-state index in [1.807, 2.05) is 18.2 Å². The Labute approximate surface area is 160 Å². The maximum Gasteiger partial charge on any atom is 0.311 e.